The van der Waals surface area contributed by atoms with E-state index in [1.165, 1.54) is 19.3 Å². The molecule has 3 fully saturated rings. The maximum atomic E-state index is 11.4. The first-order valence-electron chi connectivity index (χ1n) is 7.43. The van der Waals surface area contributed by atoms with Gasteiger partial charge < -0.3 is 10.1 Å². The lowest BCUT2D eigenvalue weighted by atomic mass is 10.1. The van der Waals surface area contributed by atoms with Crippen LogP contribution in [-0.4, -0.2) is 69.3 Å². The molecular formula is C13H24N2O3S. The summed E-state index contributed by atoms with van der Waals surface area (Å²) in [6, 6.07) is 0.772. The van der Waals surface area contributed by atoms with Gasteiger partial charge in [-0.25, -0.2) is 8.42 Å². The van der Waals surface area contributed by atoms with E-state index < -0.39 is 9.84 Å². The van der Waals surface area contributed by atoms with Crippen LogP contribution >= 0.6 is 0 Å². The van der Waals surface area contributed by atoms with Crippen molar-refractivity contribution in [2.24, 2.45) is 0 Å². The second-order valence-electron chi connectivity index (χ2n) is 6.00. The molecule has 0 bridgehead atoms. The Morgan fingerprint density at radius 3 is 2.95 bits per heavy atom. The molecule has 19 heavy (non-hydrogen) atoms. The van der Waals surface area contributed by atoms with Crippen molar-refractivity contribution in [1.29, 1.82) is 0 Å². The molecule has 3 unspecified atom stereocenters. The predicted molar refractivity (Wildman–Crippen MR) is 74.0 cm³/mol. The molecule has 0 aromatic heterocycles. The van der Waals surface area contributed by atoms with Crippen molar-refractivity contribution in [3.8, 4) is 0 Å². The van der Waals surface area contributed by atoms with E-state index in [2.05, 4.69) is 10.2 Å². The molecule has 6 heteroatoms. The second-order valence-corrected chi connectivity index (χ2v) is 8.23. The number of nitrogens with one attached hydrogen (secondary N) is 1. The van der Waals surface area contributed by atoms with Crippen LogP contribution in [0.15, 0.2) is 0 Å². The van der Waals surface area contributed by atoms with Crippen LogP contribution in [0.4, 0.5) is 0 Å². The van der Waals surface area contributed by atoms with Gasteiger partial charge in [-0.15, -0.1) is 0 Å². The molecule has 3 aliphatic rings. The van der Waals surface area contributed by atoms with Crippen LogP contribution in [0.3, 0.4) is 0 Å². The summed E-state index contributed by atoms with van der Waals surface area (Å²) in [5.41, 5.74) is 0. The summed E-state index contributed by atoms with van der Waals surface area (Å²) in [4.78, 5) is 2.53. The highest BCUT2D eigenvalue weighted by atomic mass is 32.2. The zero-order valence-electron chi connectivity index (χ0n) is 11.4. The highest BCUT2D eigenvalue weighted by molar-refractivity contribution is 7.91. The fourth-order valence-corrected chi connectivity index (χ4v) is 5.36. The highest BCUT2D eigenvalue weighted by Gasteiger charge is 2.35. The van der Waals surface area contributed by atoms with Gasteiger partial charge in [0.1, 0.15) is 0 Å². The number of morpholine rings is 1. The average molecular weight is 288 g/mol. The third-order valence-corrected chi connectivity index (χ3v) is 6.43. The van der Waals surface area contributed by atoms with E-state index in [-0.39, 0.29) is 6.04 Å². The molecule has 2 aliphatic heterocycles. The van der Waals surface area contributed by atoms with Crippen molar-refractivity contribution in [3.63, 3.8) is 0 Å². The maximum absolute atomic E-state index is 11.4. The molecule has 0 spiro atoms. The van der Waals surface area contributed by atoms with E-state index in [9.17, 15) is 8.42 Å². The van der Waals surface area contributed by atoms with Crippen LogP contribution in [-0.2, 0) is 14.6 Å². The van der Waals surface area contributed by atoms with Gasteiger partial charge in [0.2, 0.25) is 0 Å². The van der Waals surface area contributed by atoms with Crippen molar-refractivity contribution in [1.82, 2.24) is 10.2 Å². The van der Waals surface area contributed by atoms with E-state index in [1.807, 2.05) is 0 Å². The minimum atomic E-state index is -2.76. The first-order chi connectivity index (χ1) is 9.14. The van der Waals surface area contributed by atoms with E-state index in [4.69, 9.17) is 4.74 Å². The Labute approximate surface area is 115 Å². The topological polar surface area (TPSA) is 58.6 Å². The Morgan fingerprint density at radius 1 is 1.26 bits per heavy atom. The molecule has 0 amide bonds. The minimum Gasteiger partial charge on any atom is -0.375 e. The first-order valence-corrected chi connectivity index (χ1v) is 9.26. The van der Waals surface area contributed by atoms with Gasteiger partial charge in [0.15, 0.2) is 9.84 Å². The predicted octanol–water partition coefficient (Wildman–Crippen LogP) is 0.0164. The third-order valence-electron chi connectivity index (χ3n) is 4.66. The lowest BCUT2D eigenvalue weighted by Gasteiger charge is -2.37. The summed E-state index contributed by atoms with van der Waals surface area (Å²) >= 11 is 0. The van der Waals surface area contributed by atoms with Crippen molar-refractivity contribution >= 4 is 9.84 Å². The van der Waals surface area contributed by atoms with Crippen LogP contribution in [0.25, 0.3) is 0 Å². The van der Waals surface area contributed by atoms with Gasteiger partial charge in [0.05, 0.1) is 24.2 Å². The Hall–Kier alpha value is -0.170. The number of fused-ring (bicyclic) bond motifs is 1. The second kappa shape index (κ2) is 5.68. The van der Waals surface area contributed by atoms with Gasteiger partial charge in [-0.3, -0.25) is 4.90 Å². The van der Waals surface area contributed by atoms with Gasteiger partial charge in [0.25, 0.3) is 0 Å². The van der Waals surface area contributed by atoms with Gasteiger partial charge in [0, 0.05) is 31.7 Å². The number of rotatable bonds is 4. The molecule has 0 aromatic carbocycles. The lowest BCUT2D eigenvalue weighted by molar-refractivity contribution is -0.0549. The fourth-order valence-electron chi connectivity index (χ4n) is 3.65. The average Bonchev–Trinajstić information content (AvgIpc) is 2.96. The van der Waals surface area contributed by atoms with E-state index in [0.717, 1.165) is 32.7 Å². The maximum Gasteiger partial charge on any atom is 0.151 e. The third kappa shape index (κ3) is 3.29. The van der Waals surface area contributed by atoms with Crippen LogP contribution in [0, 0.1) is 0 Å². The number of nitrogens with zero attached hydrogens (tertiary/aromatic N) is 1. The van der Waals surface area contributed by atoms with Crippen molar-refractivity contribution in [2.45, 2.75) is 43.9 Å². The van der Waals surface area contributed by atoms with Gasteiger partial charge in [-0.1, -0.05) is 0 Å². The quantitative estimate of drug-likeness (QED) is 0.790. The zero-order chi connectivity index (χ0) is 13.3. The Kier molecular flexibility index (Phi) is 4.12. The molecule has 1 aliphatic carbocycles. The monoisotopic (exact) mass is 288 g/mol. The fraction of sp³-hybridized carbons (Fsp3) is 1.00. The standard InChI is InChI=1S/C13H24N2O3S/c16-19(17)9-4-11(10-19)14-5-6-15-7-8-18-13-3-1-2-12(13)15/h11-14H,1-10H2. The smallest absolute Gasteiger partial charge is 0.151 e. The number of sulfone groups is 1. The summed E-state index contributed by atoms with van der Waals surface area (Å²) in [7, 11) is -2.76. The van der Waals surface area contributed by atoms with Crippen molar-refractivity contribution in [3.05, 3.63) is 0 Å². The van der Waals surface area contributed by atoms with Gasteiger partial charge >= 0.3 is 0 Å². The molecule has 2 saturated heterocycles. The molecule has 3 rings (SSSR count). The molecule has 1 N–H and O–H groups in total. The summed E-state index contributed by atoms with van der Waals surface area (Å²) in [6.45, 7) is 3.77. The van der Waals surface area contributed by atoms with Crippen LogP contribution in [0.1, 0.15) is 25.7 Å². The molecule has 0 radical (unpaired) electrons. The Balaban J connectivity index is 1.42. The summed E-state index contributed by atoms with van der Waals surface area (Å²) in [5, 5.41) is 3.40. The molecule has 2 heterocycles. The minimum absolute atomic E-state index is 0.172. The summed E-state index contributed by atoms with van der Waals surface area (Å²) < 4.78 is 28.6. The molecule has 3 atom stereocenters. The van der Waals surface area contributed by atoms with Crippen molar-refractivity contribution in [2.75, 3.05) is 37.7 Å². The van der Waals surface area contributed by atoms with E-state index >= 15 is 0 Å². The van der Waals surface area contributed by atoms with E-state index in [1.54, 1.807) is 0 Å². The molecule has 0 aromatic rings. The number of hydrogen-bond donors (Lipinski definition) is 1. The zero-order valence-corrected chi connectivity index (χ0v) is 12.2. The molecule has 5 nitrogen and oxygen atoms in total. The van der Waals surface area contributed by atoms with Crippen LogP contribution in [0.2, 0.25) is 0 Å². The van der Waals surface area contributed by atoms with Crippen LogP contribution < -0.4 is 5.32 Å². The van der Waals surface area contributed by atoms with Gasteiger partial charge in [-0.05, 0) is 25.7 Å². The first kappa shape index (κ1) is 13.8. The van der Waals surface area contributed by atoms with Gasteiger partial charge in [-0.2, -0.15) is 0 Å². The summed E-state index contributed by atoms with van der Waals surface area (Å²) in [5.74, 6) is 0.676. The highest BCUT2D eigenvalue weighted by Crippen LogP contribution is 2.29. The van der Waals surface area contributed by atoms with Crippen molar-refractivity contribution < 1.29 is 13.2 Å². The Bertz CT molecular complexity index is 412. The number of hydrogen-bond acceptors (Lipinski definition) is 5. The lowest BCUT2D eigenvalue weighted by Crippen LogP contribution is -2.51. The largest absolute Gasteiger partial charge is 0.375 e. The SMILES string of the molecule is O=S1(=O)CCC(NCCN2CCOC3CCCC32)C1. The Morgan fingerprint density at radius 2 is 2.16 bits per heavy atom. The number of ether oxygens (including phenoxy) is 1. The molecule has 1 saturated carbocycles. The normalized spacial score (nSPS) is 38.4. The van der Waals surface area contributed by atoms with E-state index in [0.29, 0.717) is 23.7 Å². The molecular weight excluding hydrogens is 264 g/mol. The molecule has 110 valence electrons. The summed E-state index contributed by atoms with van der Waals surface area (Å²) in [6.07, 6.45) is 4.95. The van der Waals surface area contributed by atoms with Crippen LogP contribution in [0.5, 0.6) is 0 Å².